The molecule has 1 aliphatic rings. The first-order valence-electron chi connectivity index (χ1n) is 7.66. The molecule has 4 nitrogen and oxygen atoms in total. The molecule has 1 saturated heterocycles. The number of likely N-dealkylation sites (tertiary alicyclic amines) is 1. The van der Waals surface area contributed by atoms with Crippen molar-refractivity contribution in [3.63, 3.8) is 0 Å². The van der Waals surface area contributed by atoms with Crippen LogP contribution in [0, 0.1) is 0 Å². The third-order valence-electron chi connectivity index (χ3n) is 4.04. The van der Waals surface area contributed by atoms with Gasteiger partial charge in [-0.05, 0) is 44.6 Å². The number of aromatic nitrogens is 2. The van der Waals surface area contributed by atoms with E-state index in [4.69, 9.17) is 0 Å². The summed E-state index contributed by atoms with van der Waals surface area (Å²) in [5, 5.41) is 6.79. The van der Waals surface area contributed by atoms with Crippen LogP contribution in [0.15, 0.2) is 29.8 Å². The molecule has 0 atom stereocenters. The Morgan fingerprint density at radius 1 is 1.33 bits per heavy atom. The fourth-order valence-electron chi connectivity index (χ4n) is 2.70. The van der Waals surface area contributed by atoms with E-state index in [1.807, 2.05) is 24.4 Å². The topological polar surface area (TPSA) is 41.0 Å². The molecule has 3 rings (SSSR count). The molecule has 1 fully saturated rings. The van der Waals surface area contributed by atoms with Crippen LogP contribution < -0.4 is 5.32 Å². The van der Waals surface area contributed by atoms with Crippen LogP contribution >= 0.6 is 11.3 Å². The normalized spacial score (nSPS) is 17.2. The number of rotatable bonds is 5. The summed E-state index contributed by atoms with van der Waals surface area (Å²) in [5.41, 5.74) is 2.09. The Balaban J connectivity index is 1.52. The minimum atomic E-state index is 0.632. The van der Waals surface area contributed by atoms with Gasteiger partial charge < -0.3 is 10.2 Å². The lowest BCUT2D eigenvalue weighted by molar-refractivity contribution is 0.205. The molecular formula is C16H22N4S. The smallest absolute Gasteiger partial charge is 0.142 e. The van der Waals surface area contributed by atoms with Crippen LogP contribution in [0.1, 0.15) is 25.5 Å². The predicted molar refractivity (Wildman–Crippen MR) is 87.3 cm³/mol. The molecule has 0 spiro atoms. The Kier molecular flexibility index (Phi) is 4.95. The van der Waals surface area contributed by atoms with Gasteiger partial charge in [0.15, 0.2) is 0 Å². The Hall–Kier alpha value is -1.30. The van der Waals surface area contributed by atoms with Gasteiger partial charge in [-0.3, -0.25) is 4.98 Å². The van der Waals surface area contributed by atoms with Crippen LogP contribution in [0.5, 0.6) is 0 Å². The molecule has 112 valence electrons. The maximum absolute atomic E-state index is 4.68. The maximum Gasteiger partial charge on any atom is 0.142 e. The molecule has 0 saturated carbocycles. The van der Waals surface area contributed by atoms with Crippen LogP contribution in [-0.4, -0.2) is 40.5 Å². The highest BCUT2D eigenvalue weighted by molar-refractivity contribution is 7.13. The molecule has 3 heterocycles. The Morgan fingerprint density at radius 3 is 2.90 bits per heavy atom. The van der Waals surface area contributed by atoms with E-state index in [9.17, 15) is 0 Å². The highest BCUT2D eigenvalue weighted by Crippen LogP contribution is 2.21. The largest absolute Gasteiger partial charge is 0.308 e. The summed E-state index contributed by atoms with van der Waals surface area (Å²) in [7, 11) is 0. The van der Waals surface area contributed by atoms with Crippen molar-refractivity contribution < 1.29 is 0 Å². The molecule has 1 N–H and O–H groups in total. The minimum Gasteiger partial charge on any atom is -0.308 e. The summed E-state index contributed by atoms with van der Waals surface area (Å²) in [4.78, 5) is 11.5. The van der Waals surface area contributed by atoms with E-state index >= 15 is 0 Å². The molecule has 2 aromatic rings. The van der Waals surface area contributed by atoms with Crippen molar-refractivity contribution in [3.8, 4) is 10.7 Å². The van der Waals surface area contributed by atoms with Gasteiger partial charge in [0.05, 0.1) is 11.4 Å². The van der Waals surface area contributed by atoms with E-state index in [1.165, 1.54) is 32.5 Å². The average molecular weight is 302 g/mol. The SMILES string of the molecule is CCN1CCC(NCc2csc(-c3ccccn3)n2)CC1. The lowest BCUT2D eigenvalue weighted by Gasteiger charge is -2.31. The fraction of sp³-hybridized carbons (Fsp3) is 0.500. The molecular weight excluding hydrogens is 280 g/mol. The van der Waals surface area contributed by atoms with E-state index < -0.39 is 0 Å². The third kappa shape index (κ3) is 3.87. The molecule has 0 unspecified atom stereocenters. The van der Waals surface area contributed by atoms with Crippen molar-refractivity contribution in [1.29, 1.82) is 0 Å². The number of pyridine rings is 1. The lowest BCUT2D eigenvalue weighted by atomic mass is 10.1. The molecule has 0 amide bonds. The second kappa shape index (κ2) is 7.11. The van der Waals surface area contributed by atoms with Gasteiger partial charge in [0.25, 0.3) is 0 Å². The van der Waals surface area contributed by atoms with Crippen molar-refractivity contribution in [2.24, 2.45) is 0 Å². The van der Waals surface area contributed by atoms with Gasteiger partial charge in [-0.1, -0.05) is 13.0 Å². The Morgan fingerprint density at radius 2 is 2.19 bits per heavy atom. The first-order valence-corrected chi connectivity index (χ1v) is 8.54. The van der Waals surface area contributed by atoms with E-state index in [2.05, 4.69) is 32.5 Å². The number of hydrogen-bond donors (Lipinski definition) is 1. The molecule has 0 radical (unpaired) electrons. The van der Waals surface area contributed by atoms with Gasteiger partial charge in [-0.15, -0.1) is 11.3 Å². The summed E-state index contributed by atoms with van der Waals surface area (Å²) in [6.07, 6.45) is 4.30. The molecule has 21 heavy (non-hydrogen) atoms. The first kappa shape index (κ1) is 14.6. The summed E-state index contributed by atoms with van der Waals surface area (Å²) < 4.78 is 0. The first-order chi connectivity index (χ1) is 10.3. The van der Waals surface area contributed by atoms with Crippen LogP contribution in [0.3, 0.4) is 0 Å². The maximum atomic E-state index is 4.68. The number of hydrogen-bond acceptors (Lipinski definition) is 5. The van der Waals surface area contributed by atoms with Crippen molar-refractivity contribution in [2.75, 3.05) is 19.6 Å². The zero-order chi connectivity index (χ0) is 14.5. The van der Waals surface area contributed by atoms with Gasteiger partial charge >= 0.3 is 0 Å². The van der Waals surface area contributed by atoms with Crippen LogP contribution in [0.4, 0.5) is 0 Å². The van der Waals surface area contributed by atoms with E-state index in [1.54, 1.807) is 11.3 Å². The average Bonchev–Trinajstić information content (AvgIpc) is 3.03. The highest BCUT2D eigenvalue weighted by atomic mass is 32.1. The molecule has 0 aliphatic carbocycles. The third-order valence-corrected chi connectivity index (χ3v) is 4.96. The second-order valence-electron chi connectivity index (χ2n) is 5.45. The molecule has 0 aromatic carbocycles. The van der Waals surface area contributed by atoms with Crippen LogP contribution in [0.25, 0.3) is 10.7 Å². The van der Waals surface area contributed by atoms with E-state index in [0.29, 0.717) is 6.04 Å². The number of piperidine rings is 1. The van der Waals surface area contributed by atoms with Gasteiger partial charge in [-0.25, -0.2) is 4.98 Å². The standard InChI is InChI=1S/C16H22N4S/c1-2-20-9-6-13(7-10-20)18-11-14-12-21-16(19-14)15-5-3-4-8-17-15/h3-5,8,12-13,18H,2,6-7,9-11H2,1H3. The number of thiazole rings is 1. The number of nitrogens with one attached hydrogen (secondary N) is 1. The summed E-state index contributed by atoms with van der Waals surface area (Å²) in [6, 6.07) is 6.58. The monoisotopic (exact) mass is 302 g/mol. The minimum absolute atomic E-state index is 0.632. The van der Waals surface area contributed by atoms with Crippen molar-refractivity contribution >= 4 is 11.3 Å². The summed E-state index contributed by atoms with van der Waals surface area (Å²) in [5.74, 6) is 0. The number of nitrogens with zero attached hydrogens (tertiary/aromatic N) is 3. The van der Waals surface area contributed by atoms with E-state index in [-0.39, 0.29) is 0 Å². The van der Waals surface area contributed by atoms with Gasteiger partial charge in [-0.2, -0.15) is 0 Å². The molecule has 0 bridgehead atoms. The van der Waals surface area contributed by atoms with Crippen LogP contribution in [0.2, 0.25) is 0 Å². The van der Waals surface area contributed by atoms with Gasteiger partial charge in [0.2, 0.25) is 0 Å². The van der Waals surface area contributed by atoms with Crippen molar-refractivity contribution in [3.05, 3.63) is 35.5 Å². The predicted octanol–water partition coefficient (Wildman–Crippen LogP) is 2.78. The zero-order valence-corrected chi connectivity index (χ0v) is 13.3. The van der Waals surface area contributed by atoms with E-state index in [0.717, 1.165) is 22.9 Å². The lowest BCUT2D eigenvalue weighted by Crippen LogP contribution is -2.42. The van der Waals surface area contributed by atoms with Gasteiger partial charge in [0, 0.05) is 24.2 Å². The van der Waals surface area contributed by atoms with Crippen LogP contribution in [-0.2, 0) is 6.54 Å². The summed E-state index contributed by atoms with van der Waals surface area (Å²) >= 11 is 1.67. The second-order valence-corrected chi connectivity index (χ2v) is 6.31. The fourth-order valence-corrected chi connectivity index (χ4v) is 3.49. The van der Waals surface area contributed by atoms with Crippen molar-refractivity contribution in [2.45, 2.75) is 32.4 Å². The molecule has 5 heteroatoms. The Bertz CT molecular complexity index is 546. The van der Waals surface area contributed by atoms with Crippen molar-refractivity contribution in [1.82, 2.24) is 20.2 Å². The molecule has 1 aliphatic heterocycles. The zero-order valence-electron chi connectivity index (χ0n) is 12.5. The summed E-state index contributed by atoms with van der Waals surface area (Å²) in [6.45, 7) is 6.70. The van der Waals surface area contributed by atoms with Gasteiger partial charge in [0.1, 0.15) is 5.01 Å². The highest BCUT2D eigenvalue weighted by Gasteiger charge is 2.17. The quantitative estimate of drug-likeness (QED) is 0.922. The molecule has 2 aromatic heterocycles. The Labute approximate surface area is 130 Å².